The Kier molecular flexibility index (Phi) is 5.84. The lowest BCUT2D eigenvalue weighted by molar-refractivity contribution is 0.601. The summed E-state index contributed by atoms with van der Waals surface area (Å²) < 4.78 is 28.9. The number of sulfonamides is 1. The Morgan fingerprint density at radius 3 is 2.71 bits per heavy atom. The molecule has 2 rings (SSSR count). The molecule has 0 fully saturated rings. The Hall–Kier alpha value is -0.410. The van der Waals surface area contributed by atoms with Gasteiger partial charge in [0.25, 0.3) is 10.0 Å². The third kappa shape index (κ3) is 4.53. The van der Waals surface area contributed by atoms with Gasteiger partial charge in [0.05, 0.1) is 10.6 Å². The molecule has 0 atom stereocenters. The first-order valence-electron chi connectivity index (χ1n) is 6.18. The molecule has 0 bridgehead atoms. The number of rotatable bonds is 6. The van der Waals surface area contributed by atoms with Crippen molar-refractivity contribution in [2.45, 2.75) is 18.4 Å². The van der Waals surface area contributed by atoms with Gasteiger partial charge in [0.1, 0.15) is 0 Å². The molecule has 0 radical (unpaired) electrons. The van der Waals surface area contributed by atoms with Crippen molar-refractivity contribution in [1.29, 1.82) is 0 Å². The van der Waals surface area contributed by atoms with Gasteiger partial charge in [-0.3, -0.25) is 4.72 Å². The summed E-state index contributed by atoms with van der Waals surface area (Å²) in [5.41, 5.74) is 0.504. The van der Waals surface area contributed by atoms with Gasteiger partial charge in [0, 0.05) is 25.7 Å². The van der Waals surface area contributed by atoms with E-state index in [4.69, 9.17) is 0 Å². The molecule has 2 aromatic rings. The van der Waals surface area contributed by atoms with Crippen LogP contribution >= 0.6 is 43.2 Å². The second kappa shape index (κ2) is 7.23. The number of hydrogen-bond acceptors (Lipinski definition) is 4. The van der Waals surface area contributed by atoms with Crippen LogP contribution in [0.4, 0.5) is 5.69 Å². The number of thiophene rings is 1. The Balaban J connectivity index is 2.22. The predicted molar refractivity (Wildman–Crippen MR) is 94.4 cm³/mol. The highest BCUT2D eigenvalue weighted by molar-refractivity contribution is 9.11. The predicted octanol–water partition coefficient (Wildman–Crippen LogP) is 4.18. The second-order valence-electron chi connectivity index (χ2n) is 4.26. The van der Waals surface area contributed by atoms with Crippen LogP contribution in [0.25, 0.3) is 0 Å². The van der Waals surface area contributed by atoms with E-state index in [1.807, 2.05) is 13.0 Å². The molecule has 8 heteroatoms. The number of hydrogen-bond donors (Lipinski definition) is 2. The maximum absolute atomic E-state index is 12.4. The highest BCUT2D eigenvalue weighted by Crippen LogP contribution is 2.29. The molecule has 0 spiro atoms. The zero-order valence-electron chi connectivity index (χ0n) is 11.2. The van der Waals surface area contributed by atoms with Crippen molar-refractivity contribution < 1.29 is 8.42 Å². The molecule has 0 saturated carbocycles. The molecular weight excluding hydrogens is 440 g/mol. The van der Waals surface area contributed by atoms with Crippen molar-refractivity contribution in [2.24, 2.45) is 0 Å². The van der Waals surface area contributed by atoms with Crippen LogP contribution in [0, 0.1) is 0 Å². The van der Waals surface area contributed by atoms with Crippen LogP contribution in [0.1, 0.15) is 11.8 Å². The minimum Gasteiger partial charge on any atom is -0.312 e. The lowest BCUT2D eigenvalue weighted by atomic mass is 10.3. The van der Waals surface area contributed by atoms with Gasteiger partial charge in [-0.15, -0.1) is 11.3 Å². The number of halogens is 2. The summed E-state index contributed by atoms with van der Waals surface area (Å²) in [5.74, 6) is 0. The Morgan fingerprint density at radius 2 is 2.00 bits per heavy atom. The van der Waals surface area contributed by atoms with Crippen LogP contribution in [0.2, 0.25) is 0 Å². The van der Waals surface area contributed by atoms with E-state index in [0.717, 1.165) is 15.9 Å². The van der Waals surface area contributed by atoms with Crippen molar-refractivity contribution in [3.8, 4) is 0 Å². The molecule has 0 aliphatic rings. The molecule has 0 unspecified atom stereocenters. The fourth-order valence-electron chi connectivity index (χ4n) is 1.62. The van der Waals surface area contributed by atoms with E-state index in [-0.39, 0.29) is 4.90 Å². The van der Waals surface area contributed by atoms with Gasteiger partial charge < -0.3 is 5.32 Å². The Labute approximate surface area is 145 Å². The molecule has 0 saturated heterocycles. The lowest BCUT2D eigenvalue weighted by Crippen LogP contribution is -2.13. The van der Waals surface area contributed by atoms with Crippen LogP contribution in [0.3, 0.4) is 0 Å². The van der Waals surface area contributed by atoms with Crippen LogP contribution in [0.15, 0.2) is 43.5 Å². The first-order valence-corrected chi connectivity index (χ1v) is 10.1. The molecule has 2 N–H and O–H groups in total. The average Bonchev–Trinajstić information content (AvgIpc) is 2.90. The average molecular weight is 454 g/mol. The summed E-state index contributed by atoms with van der Waals surface area (Å²) in [7, 11) is -3.57. The van der Waals surface area contributed by atoms with Crippen molar-refractivity contribution in [2.75, 3.05) is 11.3 Å². The topological polar surface area (TPSA) is 58.2 Å². The van der Waals surface area contributed by atoms with Gasteiger partial charge >= 0.3 is 0 Å². The summed E-state index contributed by atoms with van der Waals surface area (Å²) in [5, 5.41) is 4.83. The number of benzene rings is 1. The van der Waals surface area contributed by atoms with Gasteiger partial charge in [-0.05, 0) is 46.7 Å². The minimum atomic E-state index is -3.57. The van der Waals surface area contributed by atoms with Gasteiger partial charge in [-0.2, -0.15) is 0 Å². The van der Waals surface area contributed by atoms with E-state index in [9.17, 15) is 8.42 Å². The van der Waals surface area contributed by atoms with Crippen molar-refractivity contribution in [1.82, 2.24) is 5.32 Å². The molecule has 0 amide bonds. The molecule has 1 aromatic heterocycles. The molecule has 114 valence electrons. The third-order valence-electron chi connectivity index (χ3n) is 2.66. The van der Waals surface area contributed by atoms with E-state index in [1.54, 1.807) is 23.6 Å². The fraction of sp³-hybridized carbons (Fsp3) is 0.231. The summed E-state index contributed by atoms with van der Waals surface area (Å²) in [6.45, 7) is 3.54. The molecule has 4 nitrogen and oxygen atoms in total. The van der Waals surface area contributed by atoms with E-state index in [2.05, 4.69) is 41.9 Å². The van der Waals surface area contributed by atoms with E-state index < -0.39 is 10.0 Å². The number of nitrogens with one attached hydrogen (secondary N) is 2. The lowest BCUT2D eigenvalue weighted by Gasteiger charge is -2.09. The normalized spacial score (nSPS) is 11.6. The first-order chi connectivity index (χ1) is 9.92. The summed E-state index contributed by atoms with van der Waals surface area (Å²) in [4.78, 5) is 1.28. The maximum atomic E-state index is 12.4. The molecule has 1 aromatic carbocycles. The van der Waals surface area contributed by atoms with E-state index >= 15 is 0 Å². The maximum Gasteiger partial charge on any atom is 0.262 e. The fourth-order valence-corrected chi connectivity index (χ4v) is 4.78. The van der Waals surface area contributed by atoms with Crippen LogP contribution in [-0.2, 0) is 16.6 Å². The summed E-state index contributed by atoms with van der Waals surface area (Å²) in [6.07, 6.45) is 0. The summed E-state index contributed by atoms with van der Waals surface area (Å²) >= 11 is 8.10. The van der Waals surface area contributed by atoms with Crippen LogP contribution in [0.5, 0.6) is 0 Å². The molecule has 1 heterocycles. The minimum absolute atomic E-state index is 0.285. The molecular formula is C13H14Br2N2O2S2. The molecule has 21 heavy (non-hydrogen) atoms. The van der Waals surface area contributed by atoms with E-state index in [0.29, 0.717) is 16.7 Å². The smallest absolute Gasteiger partial charge is 0.262 e. The van der Waals surface area contributed by atoms with Crippen LogP contribution in [-0.4, -0.2) is 15.0 Å². The SMILES string of the molecule is CCNCc1cc(S(=O)(=O)Nc2cc(Br)ccc2Br)cs1. The zero-order valence-corrected chi connectivity index (χ0v) is 16.0. The van der Waals surface area contributed by atoms with E-state index in [1.165, 1.54) is 11.3 Å². The second-order valence-corrected chi connectivity index (χ2v) is 8.71. The number of anilines is 1. The van der Waals surface area contributed by atoms with Gasteiger partial charge in [0.2, 0.25) is 0 Å². The Bertz CT molecular complexity index is 730. The zero-order chi connectivity index (χ0) is 15.5. The monoisotopic (exact) mass is 452 g/mol. The van der Waals surface area contributed by atoms with Gasteiger partial charge in [-0.1, -0.05) is 22.9 Å². The first kappa shape index (κ1) is 17.0. The van der Waals surface area contributed by atoms with Crippen molar-refractivity contribution >= 4 is 58.9 Å². The van der Waals surface area contributed by atoms with Gasteiger partial charge in [0.15, 0.2) is 0 Å². The summed E-state index contributed by atoms with van der Waals surface area (Å²) in [6, 6.07) is 7.03. The quantitative estimate of drug-likeness (QED) is 0.689. The van der Waals surface area contributed by atoms with Crippen LogP contribution < -0.4 is 10.0 Å². The van der Waals surface area contributed by atoms with Crippen molar-refractivity contribution in [3.63, 3.8) is 0 Å². The van der Waals surface area contributed by atoms with Crippen molar-refractivity contribution in [3.05, 3.63) is 43.5 Å². The molecule has 0 aliphatic carbocycles. The highest BCUT2D eigenvalue weighted by atomic mass is 79.9. The standard InChI is InChI=1S/C13H14Br2N2O2S2/c1-2-16-7-10-6-11(8-20-10)21(18,19)17-13-5-9(14)3-4-12(13)15/h3-6,8,16-17H,2,7H2,1H3. The van der Waals surface area contributed by atoms with Gasteiger partial charge in [-0.25, -0.2) is 8.42 Å². The molecule has 0 aliphatic heterocycles. The Morgan fingerprint density at radius 1 is 1.24 bits per heavy atom. The highest BCUT2D eigenvalue weighted by Gasteiger charge is 2.17. The largest absolute Gasteiger partial charge is 0.312 e. The third-order valence-corrected chi connectivity index (χ3v) is 6.28.